The number of likely N-dealkylation sites (N-methyl/N-ethyl adjacent to an activating group) is 1. The summed E-state index contributed by atoms with van der Waals surface area (Å²) in [4.78, 5) is 1.35. The van der Waals surface area contributed by atoms with Gasteiger partial charge in [-0.25, -0.2) is 0 Å². The zero-order valence-electron chi connectivity index (χ0n) is 13.7. The number of quaternary nitrogens is 1. The maximum absolute atomic E-state index is 6.16. The van der Waals surface area contributed by atoms with Gasteiger partial charge in [-0.15, -0.1) is 0 Å². The van der Waals surface area contributed by atoms with E-state index in [9.17, 15) is 0 Å². The monoisotopic (exact) mass is 348 g/mol. The minimum absolute atomic E-state index is 0.153. The summed E-state index contributed by atoms with van der Waals surface area (Å²) in [7, 11) is 4.27. The molecule has 0 aliphatic heterocycles. The van der Waals surface area contributed by atoms with Crippen molar-refractivity contribution in [1.29, 1.82) is 0 Å². The molecule has 0 aliphatic rings. The molecule has 0 bridgehead atoms. The van der Waals surface area contributed by atoms with Crippen molar-refractivity contribution in [2.75, 3.05) is 26.0 Å². The highest BCUT2D eigenvalue weighted by atomic mass is 35.5. The molecule has 0 spiro atoms. The minimum Gasteiger partial charge on any atom is -0.350 e. The fourth-order valence-electron chi connectivity index (χ4n) is 2.41. The van der Waals surface area contributed by atoms with Crippen molar-refractivity contribution in [3.8, 4) is 0 Å². The average molecular weight is 349 g/mol. The number of anilines is 1. The van der Waals surface area contributed by atoms with Crippen LogP contribution >= 0.6 is 23.8 Å². The lowest BCUT2D eigenvalue weighted by Crippen LogP contribution is -3.06. The lowest BCUT2D eigenvalue weighted by Gasteiger charge is -2.23. The van der Waals surface area contributed by atoms with Gasteiger partial charge >= 0.3 is 0 Å². The van der Waals surface area contributed by atoms with Crippen molar-refractivity contribution >= 4 is 34.6 Å². The van der Waals surface area contributed by atoms with Gasteiger partial charge in [0, 0.05) is 10.7 Å². The van der Waals surface area contributed by atoms with Crippen LogP contribution in [0.2, 0.25) is 5.02 Å². The Morgan fingerprint density at radius 2 is 1.83 bits per heavy atom. The summed E-state index contributed by atoms with van der Waals surface area (Å²) in [5, 5.41) is 8.00. The number of nitrogens with one attached hydrogen (secondary N) is 3. The summed E-state index contributed by atoms with van der Waals surface area (Å²) in [6, 6.07) is 16.3. The van der Waals surface area contributed by atoms with Gasteiger partial charge in [0.05, 0.1) is 14.1 Å². The summed E-state index contributed by atoms with van der Waals surface area (Å²) < 4.78 is 0. The third kappa shape index (κ3) is 5.20. The molecule has 0 aromatic heterocycles. The Balaban J connectivity index is 2.10. The average Bonchev–Trinajstić information content (AvgIpc) is 2.51. The molecular formula is C18H23ClN3S+. The predicted molar refractivity (Wildman–Crippen MR) is 102 cm³/mol. The van der Waals surface area contributed by atoms with E-state index in [-0.39, 0.29) is 6.04 Å². The third-order valence-electron chi connectivity index (χ3n) is 3.64. The molecule has 0 amide bonds. The predicted octanol–water partition coefficient (Wildman–Crippen LogP) is 2.82. The van der Waals surface area contributed by atoms with Gasteiger partial charge < -0.3 is 15.5 Å². The van der Waals surface area contributed by atoms with Crippen molar-refractivity contribution in [2.24, 2.45) is 0 Å². The second kappa shape index (κ2) is 8.29. The Kier molecular flexibility index (Phi) is 6.39. The van der Waals surface area contributed by atoms with Crippen LogP contribution < -0.4 is 15.5 Å². The van der Waals surface area contributed by atoms with Crippen molar-refractivity contribution in [1.82, 2.24) is 5.32 Å². The fourth-order valence-corrected chi connectivity index (χ4v) is 2.83. The normalized spacial score (nSPS) is 12.0. The van der Waals surface area contributed by atoms with Crippen molar-refractivity contribution in [3.63, 3.8) is 0 Å². The summed E-state index contributed by atoms with van der Waals surface area (Å²) >= 11 is 11.7. The van der Waals surface area contributed by atoms with Gasteiger partial charge in [-0.05, 0) is 42.4 Å². The van der Waals surface area contributed by atoms with Crippen molar-refractivity contribution < 1.29 is 4.90 Å². The highest BCUT2D eigenvalue weighted by molar-refractivity contribution is 7.80. The second-order valence-electron chi connectivity index (χ2n) is 5.89. The number of hydrogen-bond acceptors (Lipinski definition) is 1. The number of benzene rings is 2. The molecule has 2 rings (SSSR count). The van der Waals surface area contributed by atoms with E-state index in [0.29, 0.717) is 5.11 Å². The first-order chi connectivity index (χ1) is 11.0. The summed E-state index contributed by atoms with van der Waals surface area (Å²) in [6.45, 7) is 2.91. The summed E-state index contributed by atoms with van der Waals surface area (Å²) in [5.74, 6) is 0. The zero-order chi connectivity index (χ0) is 16.8. The Morgan fingerprint density at radius 3 is 2.48 bits per heavy atom. The molecule has 0 fully saturated rings. The van der Waals surface area contributed by atoms with E-state index in [1.807, 2.05) is 43.3 Å². The van der Waals surface area contributed by atoms with Crippen LogP contribution in [0.5, 0.6) is 0 Å². The molecule has 2 aromatic carbocycles. The van der Waals surface area contributed by atoms with E-state index < -0.39 is 0 Å². The van der Waals surface area contributed by atoms with Crippen LogP contribution in [-0.4, -0.2) is 25.8 Å². The smallest absolute Gasteiger partial charge is 0.171 e. The van der Waals surface area contributed by atoms with Gasteiger partial charge in [-0.2, -0.15) is 0 Å². The zero-order valence-corrected chi connectivity index (χ0v) is 15.3. The first-order valence-corrected chi connectivity index (χ1v) is 8.42. The van der Waals surface area contributed by atoms with E-state index in [2.05, 4.69) is 36.9 Å². The molecule has 0 radical (unpaired) electrons. The van der Waals surface area contributed by atoms with E-state index in [1.165, 1.54) is 10.5 Å². The summed E-state index contributed by atoms with van der Waals surface area (Å²) in [6.07, 6.45) is 0. The van der Waals surface area contributed by atoms with Crippen LogP contribution in [0.1, 0.15) is 17.2 Å². The van der Waals surface area contributed by atoms with Crippen molar-refractivity contribution in [3.05, 3.63) is 64.7 Å². The SMILES string of the molecule is Cc1c(Cl)cccc1NC(=S)N[C@@H](C[NH+](C)C)c1ccccc1. The Bertz CT molecular complexity index is 659. The van der Waals surface area contributed by atoms with Crippen LogP contribution in [0.4, 0.5) is 5.69 Å². The number of thiocarbonyl (C=S) groups is 1. The van der Waals surface area contributed by atoms with Gasteiger partial charge in [0.2, 0.25) is 0 Å². The third-order valence-corrected chi connectivity index (χ3v) is 4.26. The van der Waals surface area contributed by atoms with Gasteiger partial charge in [-0.1, -0.05) is 48.0 Å². The quantitative estimate of drug-likeness (QED) is 0.726. The number of rotatable bonds is 5. The molecule has 3 nitrogen and oxygen atoms in total. The van der Waals surface area contributed by atoms with Gasteiger partial charge in [0.15, 0.2) is 5.11 Å². The highest BCUT2D eigenvalue weighted by Gasteiger charge is 2.16. The standard InChI is InChI=1S/C18H22ClN3S/c1-13-15(19)10-7-11-16(13)20-18(23)21-17(12-22(2)3)14-8-5-4-6-9-14/h4-11,17H,12H2,1-3H3,(H2,20,21,23)/p+1/t17-/m0/s1. The maximum Gasteiger partial charge on any atom is 0.171 e. The first kappa shape index (κ1) is 17.7. The van der Waals surface area contributed by atoms with Gasteiger partial charge in [0.25, 0.3) is 0 Å². The highest BCUT2D eigenvalue weighted by Crippen LogP contribution is 2.23. The second-order valence-corrected chi connectivity index (χ2v) is 6.70. The van der Waals surface area contributed by atoms with Crippen LogP contribution in [0.15, 0.2) is 48.5 Å². The summed E-state index contributed by atoms with van der Waals surface area (Å²) in [5.41, 5.74) is 3.15. The molecule has 23 heavy (non-hydrogen) atoms. The van der Waals surface area contributed by atoms with Crippen LogP contribution in [0.3, 0.4) is 0 Å². The number of halogens is 1. The molecule has 0 saturated carbocycles. The van der Waals surface area contributed by atoms with E-state index in [0.717, 1.165) is 22.8 Å². The van der Waals surface area contributed by atoms with Crippen LogP contribution in [0, 0.1) is 6.92 Å². The topological polar surface area (TPSA) is 28.5 Å². The molecular weight excluding hydrogens is 326 g/mol. The number of hydrogen-bond donors (Lipinski definition) is 3. The largest absolute Gasteiger partial charge is 0.350 e. The van der Waals surface area contributed by atoms with Crippen molar-refractivity contribution in [2.45, 2.75) is 13.0 Å². The van der Waals surface area contributed by atoms with Gasteiger partial charge in [0.1, 0.15) is 12.6 Å². The lowest BCUT2D eigenvalue weighted by atomic mass is 10.1. The molecule has 0 unspecified atom stereocenters. The first-order valence-electron chi connectivity index (χ1n) is 7.64. The van der Waals surface area contributed by atoms with E-state index in [1.54, 1.807) is 0 Å². The fraction of sp³-hybridized carbons (Fsp3) is 0.278. The van der Waals surface area contributed by atoms with Crippen LogP contribution in [0.25, 0.3) is 0 Å². The molecule has 0 saturated heterocycles. The molecule has 122 valence electrons. The Morgan fingerprint density at radius 1 is 1.13 bits per heavy atom. The molecule has 3 N–H and O–H groups in total. The maximum atomic E-state index is 6.16. The van der Waals surface area contributed by atoms with Crippen LogP contribution in [-0.2, 0) is 0 Å². The van der Waals surface area contributed by atoms with E-state index >= 15 is 0 Å². The molecule has 0 aliphatic carbocycles. The molecule has 2 aromatic rings. The molecule has 0 heterocycles. The minimum atomic E-state index is 0.153. The molecule has 5 heteroatoms. The Labute approximate surface area is 148 Å². The van der Waals surface area contributed by atoms with E-state index in [4.69, 9.17) is 23.8 Å². The lowest BCUT2D eigenvalue weighted by molar-refractivity contribution is -0.860. The van der Waals surface area contributed by atoms with Gasteiger partial charge in [-0.3, -0.25) is 0 Å². The Hall–Kier alpha value is -1.62. The molecule has 1 atom stereocenters.